The van der Waals surface area contributed by atoms with Gasteiger partial charge in [-0.15, -0.1) is 0 Å². The van der Waals surface area contributed by atoms with Crippen LogP contribution < -0.4 is 0 Å². The van der Waals surface area contributed by atoms with E-state index in [0.29, 0.717) is 12.1 Å². The van der Waals surface area contributed by atoms with E-state index < -0.39 is 11.9 Å². The zero-order valence-corrected chi connectivity index (χ0v) is 15.3. The van der Waals surface area contributed by atoms with Crippen molar-refractivity contribution < 1.29 is 19.8 Å². The van der Waals surface area contributed by atoms with Crippen LogP contribution in [0.1, 0.15) is 22.5 Å². The number of carbonyl (C=O) groups is 2. The molecule has 0 aliphatic heterocycles. The van der Waals surface area contributed by atoms with Gasteiger partial charge in [-0.25, -0.2) is 4.79 Å². The highest BCUT2D eigenvalue weighted by molar-refractivity contribution is 9.10. The molecule has 0 saturated heterocycles. The molecule has 0 amide bonds. The number of rotatable bonds is 6. The topological polar surface area (TPSA) is 79.5 Å². The molecular weight excluding hydrogens is 398 g/mol. The number of nitrogens with zero attached hydrogens (tertiary/aromatic N) is 1. The lowest BCUT2D eigenvalue weighted by Gasteiger charge is -2.14. The van der Waals surface area contributed by atoms with Gasteiger partial charge in [-0.3, -0.25) is 4.79 Å². The van der Waals surface area contributed by atoms with Crippen LogP contribution in [0.25, 0.3) is 16.9 Å². The summed E-state index contributed by atoms with van der Waals surface area (Å²) in [5, 5.41) is 18.3. The number of carboxylic acid groups (broad SMARTS) is 2. The molecule has 5 nitrogen and oxygen atoms in total. The molecule has 0 spiro atoms. The first-order valence-electron chi connectivity index (χ1n) is 7.98. The van der Waals surface area contributed by atoms with Gasteiger partial charge in [0.05, 0.1) is 17.7 Å². The minimum absolute atomic E-state index is 0.00239. The SMILES string of the molecule is O=C(O)CCc1ccc(-c2ccc(Br)cc2)n1-c1cccc(C(=O)O)c1. The van der Waals surface area contributed by atoms with Crippen LogP contribution in [0.2, 0.25) is 0 Å². The predicted molar refractivity (Wildman–Crippen MR) is 102 cm³/mol. The second kappa shape index (κ2) is 7.58. The van der Waals surface area contributed by atoms with Gasteiger partial charge in [0, 0.05) is 15.9 Å². The van der Waals surface area contributed by atoms with Crippen molar-refractivity contribution in [3.8, 4) is 16.9 Å². The van der Waals surface area contributed by atoms with E-state index in [4.69, 9.17) is 5.11 Å². The third kappa shape index (κ3) is 3.86. The quantitative estimate of drug-likeness (QED) is 0.617. The van der Waals surface area contributed by atoms with E-state index in [1.54, 1.807) is 12.1 Å². The van der Waals surface area contributed by atoms with Crippen LogP contribution in [0.3, 0.4) is 0 Å². The van der Waals surface area contributed by atoms with Crippen LogP contribution >= 0.6 is 15.9 Å². The number of aromatic nitrogens is 1. The fraction of sp³-hybridized carbons (Fsp3) is 0.100. The van der Waals surface area contributed by atoms with Crippen molar-refractivity contribution in [3.05, 3.63) is 76.4 Å². The van der Waals surface area contributed by atoms with E-state index in [0.717, 1.165) is 21.4 Å². The van der Waals surface area contributed by atoms with Crippen LogP contribution in [0.5, 0.6) is 0 Å². The molecule has 3 aromatic rings. The van der Waals surface area contributed by atoms with Gasteiger partial charge in [0.1, 0.15) is 0 Å². The number of hydrogen-bond acceptors (Lipinski definition) is 2. The molecule has 26 heavy (non-hydrogen) atoms. The number of benzene rings is 2. The van der Waals surface area contributed by atoms with E-state index in [1.165, 1.54) is 6.07 Å². The monoisotopic (exact) mass is 413 g/mol. The molecule has 0 saturated carbocycles. The maximum atomic E-state index is 11.3. The van der Waals surface area contributed by atoms with E-state index in [-0.39, 0.29) is 12.0 Å². The van der Waals surface area contributed by atoms with Gasteiger partial charge in [0.15, 0.2) is 0 Å². The molecule has 0 aliphatic carbocycles. The minimum Gasteiger partial charge on any atom is -0.481 e. The molecule has 2 N–H and O–H groups in total. The van der Waals surface area contributed by atoms with E-state index >= 15 is 0 Å². The Balaban J connectivity index is 2.14. The smallest absolute Gasteiger partial charge is 0.335 e. The highest BCUT2D eigenvalue weighted by Gasteiger charge is 2.14. The Morgan fingerprint density at radius 3 is 2.35 bits per heavy atom. The highest BCUT2D eigenvalue weighted by Crippen LogP contribution is 2.29. The van der Waals surface area contributed by atoms with Crippen LogP contribution in [-0.4, -0.2) is 26.7 Å². The summed E-state index contributed by atoms with van der Waals surface area (Å²) in [4.78, 5) is 22.3. The average Bonchev–Trinajstić information content (AvgIpc) is 3.04. The maximum Gasteiger partial charge on any atom is 0.335 e. The first-order chi connectivity index (χ1) is 12.5. The molecule has 2 aromatic carbocycles. The summed E-state index contributed by atoms with van der Waals surface area (Å²) in [5.41, 5.74) is 3.51. The first kappa shape index (κ1) is 17.9. The summed E-state index contributed by atoms with van der Waals surface area (Å²) in [5.74, 6) is -1.88. The standard InChI is InChI=1S/C20H16BrNO4/c21-15-6-4-13(5-7-15)18-10-8-16(9-11-19(23)24)22(18)17-3-1-2-14(12-17)20(25)26/h1-8,10,12H,9,11H2,(H,23,24)(H,25,26). The molecule has 1 aromatic heterocycles. The fourth-order valence-electron chi connectivity index (χ4n) is 2.84. The predicted octanol–water partition coefficient (Wildman–Crippen LogP) is 4.62. The molecule has 0 atom stereocenters. The van der Waals surface area contributed by atoms with Crippen LogP contribution in [-0.2, 0) is 11.2 Å². The van der Waals surface area contributed by atoms with Gasteiger partial charge >= 0.3 is 11.9 Å². The largest absolute Gasteiger partial charge is 0.481 e. The van der Waals surface area contributed by atoms with Crippen molar-refractivity contribution >= 4 is 27.9 Å². The molecule has 132 valence electrons. The second-order valence-electron chi connectivity index (χ2n) is 5.80. The van der Waals surface area contributed by atoms with Gasteiger partial charge in [-0.1, -0.05) is 34.1 Å². The Labute approximate surface area is 158 Å². The van der Waals surface area contributed by atoms with Crippen molar-refractivity contribution in [2.45, 2.75) is 12.8 Å². The molecule has 0 aliphatic rings. The Morgan fingerprint density at radius 2 is 1.69 bits per heavy atom. The number of aliphatic carboxylic acids is 1. The van der Waals surface area contributed by atoms with Gasteiger partial charge in [0.25, 0.3) is 0 Å². The summed E-state index contributed by atoms with van der Waals surface area (Å²) in [7, 11) is 0. The Hall–Kier alpha value is -2.86. The zero-order valence-electron chi connectivity index (χ0n) is 13.7. The lowest BCUT2D eigenvalue weighted by atomic mass is 10.1. The summed E-state index contributed by atoms with van der Waals surface area (Å²) < 4.78 is 2.87. The normalized spacial score (nSPS) is 10.7. The first-order valence-corrected chi connectivity index (χ1v) is 8.77. The maximum absolute atomic E-state index is 11.3. The van der Waals surface area contributed by atoms with E-state index in [9.17, 15) is 14.7 Å². The Bertz CT molecular complexity index is 960. The third-order valence-corrected chi connectivity index (χ3v) is 4.58. The van der Waals surface area contributed by atoms with Crippen LogP contribution in [0.4, 0.5) is 0 Å². The molecule has 0 unspecified atom stereocenters. The van der Waals surface area contributed by atoms with Crippen molar-refractivity contribution in [1.82, 2.24) is 4.57 Å². The Kier molecular flexibility index (Phi) is 5.23. The van der Waals surface area contributed by atoms with Crippen LogP contribution in [0, 0.1) is 0 Å². The summed E-state index contributed by atoms with van der Waals surface area (Å²) in [6.45, 7) is 0. The molecular formula is C20H16BrNO4. The average molecular weight is 414 g/mol. The zero-order chi connectivity index (χ0) is 18.7. The van der Waals surface area contributed by atoms with Gasteiger partial charge in [-0.2, -0.15) is 0 Å². The molecule has 0 fully saturated rings. The van der Waals surface area contributed by atoms with E-state index in [2.05, 4.69) is 15.9 Å². The summed E-state index contributed by atoms with van der Waals surface area (Å²) in [6.07, 6.45) is 0.353. The lowest BCUT2D eigenvalue weighted by molar-refractivity contribution is -0.136. The molecule has 0 bridgehead atoms. The number of aryl methyl sites for hydroxylation is 1. The molecule has 3 rings (SSSR count). The number of carboxylic acids is 2. The van der Waals surface area contributed by atoms with Crippen LogP contribution in [0.15, 0.2) is 65.1 Å². The minimum atomic E-state index is -1.00. The van der Waals surface area contributed by atoms with Crippen molar-refractivity contribution in [1.29, 1.82) is 0 Å². The van der Waals surface area contributed by atoms with E-state index in [1.807, 2.05) is 47.0 Å². The van der Waals surface area contributed by atoms with Crippen molar-refractivity contribution in [2.75, 3.05) is 0 Å². The molecule has 6 heteroatoms. The van der Waals surface area contributed by atoms with Crippen molar-refractivity contribution in [3.63, 3.8) is 0 Å². The summed E-state index contributed by atoms with van der Waals surface area (Å²) in [6, 6.07) is 18.2. The summed E-state index contributed by atoms with van der Waals surface area (Å²) >= 11 is 3.42. The second-order valence-corrected chi connectivity index (χ2v) is 6.72. The Morgan fingerprint density at radius 1 is 0.962 bits per heavy atom. The third-order valence-electron chi connectivity index (χ3n) is 4.05. The van der Waals surface area contributed by atoms with Gasteiger partial charge in [0.2, 0.25) is 0 Å². The number of aromatic carboxylic acids is 1. The van der Waals surface area contributed by atoms with Gasteiger partial charge in [-0.05, 0) is 54.4 Å². The fourth-order valence-corrected chi connectivity index (χ4v) is 3.10. The number of halogens is 1. The van der Waals surface area contributed by atoms with Gasteiger partial charge < -0.3 is 14.8 Å². The van der Waals surface area contributed by atoms with Crippen molar-refractivity contribution in [2.24, 2.45) is 0 Å². The molecule has 1 heterocycles. The molecule has 0 radical (unpaired) electrons. The number of hydrogen-bond donors (Lipinski definition) is 2. The highest BCUT2D eigenvalue weighted by atomic mass is 79.9. The lowest BCUT2D eigenvalue weighted by Crippen LogP contribution is -2.06.